The van der Waals surface area contributed by atoms with Crippen LogP contribution in [0.15, 0.2) is 30.3 Å². The van der Waals surface area contributed by atoms with Crippen molar-refractivity contribution in [2.75, 3.05) is 20.3 Å². The molecule has 0 saturated carbocycles. The fourth-order valence-electron chi connectivity index (χ4n) is 2.10. The lowest BCUT2D eigenvalue weighted by Gasteiger charge is -2.06. The number of hydrogen-bond acceptors (Lipinski definition) is 3. The number of fused-ring (bicyclic) bond motifs is 1. The highest BCUT2D eigenvalue weighted by Gasteiger charge is 2.04. The van der Waals surface area contributed by atoms with E-state index in [1.54, 1.807) is 7.11 Å². The zero-order valence-corrected chi connectivity index (χ0v) is 12.0. The van der Waals surface area contributed by atoms with Crippen molar-refractivity contribution in [3.05, 3.63) is 41.6 Å². The maximum absolute atomic E-state index is 11.6. The molecular formula is C16H20N2O2. The number of para-hydroxylation sites is 1. The zero-order chi connectivity index (χ0) is 14.4. The molecule has 4 nitrogen and oxygen atoms in total. The van der Waals surface area contributed by atoms with Crippen LogP contribution >= 0.6 is 0 Å². The van der Waals surface area contributed by atoms with Crippen molar-refractivity contribution < 1.29 is 9.53 Å². The van der Waals surface area contributed by atoms with Gasteiger partial charge in [0.25, 0.3) is 0 Å². The molecule has 0 radical (unpaired) electrons. The highest BCUT2D eigenvalue weighted by atomic mass is 16.5. The van der Waals surface area contributed by atoms with Crippen molar-refractivity contribution in [2.24, 2.45) is 0 Å². The lowest BCUT2D eigenvalue weighted by Crippen LogP contribution is -2.27. The smallest absolute Gasteiger partial charge is 0.220 e. The van der Waals surface area contributed by atoms with Crippen LogP contribution in [0.4, 0.5) is 0 Å². The molecule has 0 bridgehead atoms. The van der Waals surface area contributed by atoms with Gasteiger partial charge in [-0.1, -0.05) is 24.3 Å². The van der Waals surface area contributed by atoms with Crippen molar-refractivity contribution >= 4 is 16.8 Å². The van der Waals surface area contributed by atoms with Crippen molar-refractivity contribution in [1.82, 2.24) is 10.3 Å². The van der Waals surface area contributed by atoms with E-state index < -0.39 is 0 Å². The largest absolute Gasteiger partial charge is 0.383 e. The number of aryl methyl sites for hydroxylation is 2. The van der Waals surface area contributed by atoms with Gasteiger partial charge in [0.15, 0.2) is 0 Å². The Morgan fingerprint density at radius 3 is 2.95 bits per heavy atom. The van der Waals surface area contributed by atoms with Crippen LogP contribution in [0.1, 0.15) is 17.7 Å². The first-order valence-electron chi connectivity index (χ1n) is 6.81. The Hall–Kier alpha value is -1.94. The van der Waals surface area contributed by atoms with Gasteiger partial charge in [0.05, 0.1) is 12.1 Å². The number of ether oxygens (including phenoxy) is 1. The topological polar surface area (TPSA) is 51.2 Å². The lowest BCUT2D eigenvalue weighted by atomic mass is 10.1. The molecule has 106 valence electrons. The summed E-state index contributed by atoms with van der Waals surface area (Å²) in [5.74, 6) is 0.0359. The number of methoxy groups -OCH3 is 1. The first-order valence-corrected chi connectivity index (χ1v) is 6.81. The van der Waals surface area contributed by atoms with E-state index in [-0.39, 0.29) is 5.91 Å². The minimum absolute atomic E-state index is 0.0359. The quantitative estimate of drug-likeness (QED) is 0.820. The van der Waals surface area contributed by atoms with Crippen LogP contribution in [-0.4, -0.2) is 31.2 Å². The molecule has 0 unspecified atom stereocenters. The summed E-state index contributed by atoms with van der Waals surface area (Å²) in [6.07, 6.45) is 1.11. The van der Waals surface area contributed by atoms with Gasteiger partial charge in [-0.15, -0.1) is 0 Å². The first kappa shape index (κ1) is 14.5. The molecule has 1 N–H and O–H groups in total. The summed E-state index contributed by atoms with van der Waals surface area (Å²) >= 11 is 0. The highest BCUT2D eigenvalue weighted by molar-refractivity contribution is 5.82. The summed E-state index contributed by atoms with van der Waals surface area (Å²) in [6.45, 7) is 3.15. The third-order valence-electron chi connectivity index (χ3n) is 3.22. The van der Waals surface area contributed by atoms with Gasteiger partial charge in [-0.3, -0.25) is 9.78 Å². The third kappa shape index (κ3) is 3.78. The van der Waals surface area contributed by atoms with Crippen LogP contribution in [-0.2, 0) is 16.0 Å². The van der Waals surface area contributed by atoms with Crippen LogP contribution in [0.3, 0.4) is 0 Å². The standard InChI is InChI=1S/C16H20N2O2/c1-12-4-3-5-13-6-7-14(18-16(12)13)8-9-15(19)17-10-11-20-2/h3-7H,8-11H2,1-2H3,(H,17,19). The number of carbonyl (C=O) groups excluding carboxylic acids is 1. The van der Waals surface area contributed by atoms with Crippen LogP contribution < -0.4 is 5.32 Å². The predicted molar refractivity (Wildman–Crippen MR) is 79.7 cm³/mol. The Labute approximate surface area is 119 Å². The molecule has 1 aromatic carbocycles. The maximum atomic E-state index is 11.6. The SMILES string of the molecule is COCCNC(=O)CCc1ccc2cccc(C)c2n1. The molecule has 0 saturated heterocycles. The predicted octanol–water partition coefficient (Wildman–Crippen LogP) is 2.24. The fraction of sp³-hybridized carbons (Fsp3) is 0.375. The maximum Gasteiger partial charge on any atom is 0.220 e. The van der Waals surface area contributed by atoms with E-state index in [2.05, 4.69) is 35.4 Å². The van der Waals surface area contributed by atoms with Crippen LogP contribution in [0, 0.1) is 6.92 Å². The Morgan fingerprint density at radius 1 is 1.30 bits per heavy atom. The fourth-order valence-corrected chi connectivity index (χ4v) is 2.10. The Bertz CT molecular complexity index is 596. The van der Waals surface area contributed by atoms with Crippen molar-refractivity contribution in [1.29, 1.82) is 0 Å². The summed E-state index contributed by atoms with van der Waals surface area (Å²) in [5.41, 5.74) is 3.13. The Balaban J connectivity index is 1.96. The average Bonchev–Trinajstić information content (AvgIpc) is 2.46. The minimum Gasteiger partial charge on any atom is -0.383 e. The van der Waals surface area contributed by atoms with E-state index in [0.717, 1.165) is 22.2 Å². The van der Waals surface area contributed by atoms with Crippen LogP contribution in [0.25, 0.3) is 10.9 Å². The molecule has 0 fully saturated rings. The third-order valence-corrected chi connectivity index (χ3v) is 3.22. The van der Waals surface area contributed by atoms with Crippen molar-refractivity contribution in [3.63, 3.8) is 0 Å². The number of nitrogens with zero attached hydrogens (tertiary/aromatic N) is 1. The van der Waals surface area contributed by atoms with Gasteiger partial charge in [0.1, 0.15) is 0 Å². The molecule has 0 aliphatic carbocycles. The van der Waals surface area contributed by atoms with Crippen LogP contribution in [0.5, 0.6) is 0 Å². The van der Waals surface area contributed by atoms with E-state index in [1.807, 2.05) is 12.1 Å². The van der Waals surface area contributed by atoms with Gasteiger partial charge in [0.2, 0.25) is 5.91 Å². The van der Waals surface area contributed by atoms with Gasteiger partial charge >= 0.3 is 0 Å². The molecule has 0 aliphatic heterocycles. The number of pyridine rings is 1. The summed E-state index contributed by atoms with van der Waals surface area (Å²) in [4.78, 5) is 16.3. The van der Waals surface area contributed by atoms with E-state index in [4.69, 9.17) is 4.74 Å². The zero-order valence-electron chi connectivity index (χ0n) is 12.0. The van der Waals surface area contributed by atoms with Crippen molar-refractivity contribution in [3.8, 4) is 0 Å². The van der Waals surface area contributed by atoms with E-state index >= 15 is 0 Å². The monoisotopic (exact) mass is 272 g/mol. The molecule has 0 atom stereocenters. The first-order chi connectivity index (χ1) is 9.70. The van der Waals surface area contributed by atoms with Gasteiger partial charge in [-0.2, -0.15) is 0 Å². The highest BCUT2D eigenvalue weighted by Crippen LogP contribution is 2.16. The van der Waals surface area contributed by atoms with E-state index in [9.17, 15) is 4.79 Å². The van der Waals surface area contributed by atoms with Crippen LogP contribution in [0.2, 0.25) is 0 Å². The second kappa shape index (κ2) is 7.01. The number of rotatable bonds is 6. The lowest BCUT2D eigenvalue weighted by molar-refractivity contribution is -0.121. The molecule has 2 aromatic rings. The summed E-state index contributed by atoms with van der Waals surface area (Å²) in [6, 6.07) is 10.2. The minimum atomic E-state index is 0.0359. The molecular weight excluding hydrogens is 252 g/mol. The number of aromatic nitrogens is 1. The molecule has 1 heterocycles. The van der Waals surface area contributed by atoms with E-state index in [1.165, 1.54) is 0 Å². The van der Waals surface area contributed by atoms with Crippen molar-refractivity contribution in [2.45, 2.75) is 19.8 Å². The molecule has 2 rings (SSSR count). The molecule has 0 spiro atoms. The van der Waals surface area contributed by atoms with Gasteiger partial charge in [-0.25, -0.2) is 0 Å². The summed E-state index contributed by atoms with van der Waals surface area (Å²) < 4.78 is 4.89. The number of carbonyl (C=O) groups is 1. The second-order valence-corrected chi connectivity index (χ2v) is 4.79. The second-order valence-electron chi connectivity index (χ2n) is 4.79. The summed E-state index contributed by atoms with van der Waals surface area (Å²) in [7, 11) is 1.62. The molecule has 1 amide bonds. The van der Waals surface area contributed by atoms with Gasteiger partial charge < -0.3 is 10.1 Å². The number of hydrogen-bond donors (Lipinski definition) is 1. The van der Waals surface area contributed by atoms with E-state index in [0.29, 0.717) is 26.0 Å². The van der Waals surface area contributed by atoms with Gasteiger partial charge in [-0.05, 0) is 25.0 Å². The number of nitrogens with one attached hydrogen (secondary N) is 1. The number of amides is 1. The summed E-state index contributed by atoms with van der Waals surface area (Å²) in [5, 5.41) is 3.95. The molecule has 0 aliphatic rings. The average molecular weight is 272 g/mol. The van der Waals surface area contributed by atoms with Gasteiger partial charge in [0, 0.05) is 31.2 Å². The molecule has 1 aromatic heterocycles. The Morgan fingerprint density at radius 2 is 2.15 bits per heavy atom. The number of benzene rings is 1. The molecule has 20 heavy (non-hydrogen) atoms. The molecule has 4 heteroatoms. The normalized spacial score (nSPS) is 10.7. The Kier molecular flexibility index (Phi) is 5.07.